The minimum absolute atomic E-state index is 0.114. The van der Waals surface area contributed by atoms with Crippen molar-refractivity contribution in [3.8, 4) is 5.75 Å². The number of hydrogen-bond acceptors (Lipinski definition) is 4. The third-order valence-electron chi connectivity index (χ3n) is 4.01. The van der Waals surface area contributed by atoms with Crippen molar-refractivity contribution in [3.63, 3.8) is 0 Å². The molecule has 2 atom stereocenters. The van der Waals surface area contributed by atoms with Crippen LogP contribution in [0.3, 0.4) is 0 Å². The molecule has 7 heteroatoms. The summed E-state index contributed by atoms with van der Waals surface area (Å²) in [6, 6.07) is 4.49. The lowest BCUT2D eigenvalue weighted by atomic mass is 10.1. The Balaban J connectivity index is 2.28. The van der Waals surface area contributed by atoms with Crippen LogP contribution in [0, 0.1) is 0 Å². The maximum Gasteiger partial charge on any atom is 0.305 e. The van der Waals surface area contributed by atoms with Gasteiger partial charge < -0.3 is 19.5 Å². The molecule has 2 unspecified atom stereocenters. The molecule has 0 spiro atoms. The van der Waals surface area contributed by atoms with E-state index in [9.17, 15) is 9.59 Å². The number of methoxy groups -OCH3 is 1. The third kappa shape index (κ3) is 4.39. The number of carboxylic acid groups (broad SMARTS) is 1. The van der Waals surface area contributed by atoms with E-state index >= 15 is 0 Å². The van der Waals surface area contributed by atoms with E-state index in [1.807, 2.05) is 6.92 Å². The van der Waals surface area contributed by atoms with E-state index in [1.54, 1.807) is 30.2 Å². The lowest BCUT2D eigenvalue weighted by Gasteiger charge is -2.24. The SMILES string of the molecule is CCCOc1ccc(Cl)cc1C(=O)N1CC(OC)CC1CC(=O)O. The van der Waals surface area contributed by atoms with Crippen LogP contribution in [0.4, 0.5) is 0 Å². The first kappa shape index (κ1) is 18.5. The molecule has 1 amide bonds. The van der Waals surface area contributed by atoms with E-state index in [0.29, 0.717) is 35.9 Å². The van der Waals surface area contributed by atoms with Gasteiger partial charge in [0.05, 0.1) is 24.7 Å². The zero-order valence-electron chi connectivity index (χ0n) is 13.8. The van der Waals surface area contributed by atoms with E-state index < -0.39 is 12.0 Å². The first-order valence-electron chi connectivity index (χ1n) is 7.94. The second-order valence-corrected chi connectivity index (χ2v) is 6.23. The van der Waals surface area contributed by atoms with E-state index in [2.05, 4.69) is 0 Å². The fraction of sp³-hybridized carbons (Fsp3) is 0.529. The second-order valence-electron chi connectivity index (χ2n) is 5.79. The normalized spacial score (nSPS) is 20.2. The summed E-state index contributed by atoms with van der Waals surface area (Å²) in [5, 5.41) is 9.52. The summed E-state index contributed by atoms with van der Waals surface area (Å²) in [7, 11) is 1.56. The number of benzene rings is 1. The highest BCUT2D eigenvalue weighted by molar-refractivity contribution is 6.31. The Morgan fingerprint density at radius 2 is 2.17 bits per heavy atom. The topological polar surface area (TPSA) is 76.1 Å². The molecule has 0 radical (unpaired) electrons. The van der Waals surface area contributed by atoms with Gasteiger partial charge in [0.2, 0.25) is 0 Å². The van der Waals surface area contributed by atoms with Crippen molar-refractivity contribution in [2.24, 2.45) is 0 Å². The zero-order valence-corrected chi connectivity index (χ0v) is 14.6. The van der Waals surface area contributed by atoms with Crippen LogP contribution in [0.2, 0.25) is 5.02 Å². The zero-order chi connectivity index (χ0) is 17.7. The summed E-state index contributed by atoms with van der Waals surface area (Å²) < 4.78 is 11.0. The van der Waals surface area contributed by atoms with Gasteiger partial charge in [-0.05, 0) is 31.0 Å². The average molecular weight is 356 g/mol. The highest BCUT2D eigenvalue weighted by Gasteiger charge is 2.37. The predicted octanol–water partition coefficient (Wildman–Crippen LogP) is 2.83. The Kier molecular flexibility index (Phi) is 6.45. The van der Waals surface area contributed by atoms with Gasteiger partial charge >= 0.3 is 5.97 Å². The van der Waals surface area contributed by atoms with Gasteiger partial charge in [-0.25, -0.2) is 0 Å². The highest BCUT2D eigenvalue weighted by Crippen LogP contribution is 2.29. The van der Waals surface area contributed by atoms with E-state index in [0.717, 1.165) is 6.42 Å². The summed E-state index contributed by atoms with van der Waals surface area (Å²) in [6.45, 7) is 2.82. The molecule has 24 heavy (non-hydrogen) atoms. The number of carboxylic acids is 1. The molecule has 1 N–H and O–H groups in total. The third-order valence-corrected chi connectivity index (χ3v) is 4.25. The summed E-state index contributed by atoms with van der Waals surface area (Å²) in [5.41, 5.74) is 0.350. The van der Waals surface area contributed by atoms with E-state index in [-0.39, 0.29) is 18.4 Å². The Hall–Kier alpha value is -1.79. The molecule has 1 aromatic carbocycles. The molecule has 1 aliphatic rings. The molecule has 0 aromatic heterocycles. The number of hydrogen-bond donors (Lipinski definition) is 1. The second kappa shape index (κ2) is 8.35. The quantitative estimate of drug-likeness (QED) is 0.813. The Morgan fingerprint density at radius 1 is 1.42 bits per heavy atom. The molecule has 6 nitrogen and oxygen atoms in total. The maximum atomic E-state index is 13.0. The number of nitrogens with zero attached hydrogens (tertiary/aromatic N) is 1. The standard InChI is InChI=1S/C17H22ClNO5/c1-3-6-24-15-5-4-11(18)7-14(15)17(22)19-10-13(23-2)8-12(19)9-16(20)21/h4-5,7,12-13H,3,6,8-10H2,1-2H3,(H,20,21). The van der Waals surface area contributed by atoms with Gasteiger partial charge in [0.15, 0.2) is 0 Å². The number of ether oxygens (including phenoxy) is 2. The molecule has 0 saturated carbocycles. The summed E-state index contributed by atoms with van der Waals surface area (Å²) in [4.78, 5) is 25.6. The first-order valence-corrected chi connectivity index (χ1v) is 8.32. The minimum Gasteiger partial charge on any atom is -0.493 e. The number of aliphatic carboxylic acids is 1. The summed E-state index contributed by atoms with van der Waals surface area (Å²) >= 11 is 6.03. The Bertz CT molecular complexity index is 607. The van der Waals surface area contributed by atoms with E-state index in [4.69, 9.17) is 26.2 Å². The van der Waals surface area contributed by atoms with E-state index in [1.165, 1.54) is 0 Å². The lowest BCUT2D eigenvalue weighted by molar-refractivity contribution is -0.137. The lowest BCUT2D eigenvalue weighted by Crippen LogP contribution is -2.37. The Labute approximate surface area is 146 Å². The van der Waals surface area contributed by atoms with Gasteiger partial charge in [-0.15, -0.1) is 0 Å². The molecule has 0 bridgehead atoms. The number of likely N-dealkylation sites (tertiary alicyclic amines) is 1. The van der Waals surface area contributed by atoms with Gasteiger partial charge in [-0.1, -0.05) is 18.5 Å². The van der Waals surface area contributed by atoms with Gasteiger partial charge in [0.25, 0.3) is 5.91 Å². The largest absolute Gasteiger partial charge is 0.493 e. The van der Waals surface area contributed by atoms with Gasteiger partial charge in [-0.3, -0.25) is 9.59 Å². The summed E-state index contributed by atoms with van der Waals surface area (Å²) in [5.74, 6) is -0.765. The first-order chi connectivity index (χ1) is 11.5. The number of amides is 1. The fourth-order valence-electron chi connectivity index (χ4n) is 2.85. The van der Waals surface area contributed by atoms with Crippen LogP contribution in [0.15, 0.2) is 18.2 Å². The molecule has 0 aliphatic carbocycles. The van der Waals surface area contributed by atoms with Crippen molar-refractivity contribution >= 4 is 23.5 Å². The van der Waals surface area contributed by atoms with Crippen LogP contribution in [-0.4, -0.2) is 54.3 Å². The number of halogens is 1. The molecule has 132 valence electrons. The molecular formula is C17H22ClNO5. The molecule has 1 aromatic rings. The van der Waals surface area contributed by atoms with Gasteiger partial charge in [-0.2, -0.15) is 0 Å². The van der Waals surface area contributed by atoms with Crippen LogP contribution < -0.4 is 4.74 Å². The number of rotatable bonds is 7. The van der Waals surface area contributed by atoms with Crippen molar-refractivity contribution in [2.75, 3.05) is 20.3 Å². The molecule has 2 rings (SSSR count). The van der Waals surface area contributed by atoms with Crippen LogP contribution in [0.25, 0.3) is 0 Å². The molecular weight excluding hydrogens is 334 g/mol. The maximum absolute atomic E-state index is 13.0. The molecule has 1 heterocycles. The minimum atomic E-state index is -0.942. The smallest absolute Gasteiger partial charge is 0.305 e. The summed E-state index contributed by atoms with van der Waals surface area (Å²) in [6.07, 6.45) is 1.03. The van der Waals surface area contributed by atoms with Crippen LogP contribution >= 0.6 is 11.6 Å². The van der Waals surface area contributed by atoms with Crippen LogP contribution in [0.5, 0.6) is 5.75 Å². The monoisotopic (exact) mass is 355 g/mol. The average Bonchev–Trinajstić information content (AvgIpc) is 2.95. The van der Waals surface area contributed by atoms with Crippen molar-refractivity contribution in [1.29, 1.82) is 0 Å². The van der Waals surface area contributed by atoms with Crippen LogP contribution in [-0.2, 0) is 9.53 Å². The van der Waals surface area contributed by atoms with Gasteiger partial charge in [0, 0.05) is 24.7 Å². The number of carbonyl (C=O) groups is 2. The molecule has 1 aliphatic heterocycles. The molecule has 1 saturated heterocycles. The van der Waals surface area contributed by atoms with Crippen molar-refractivity contribution in [1.82, 2.24) is 4.90 Å². The van der Waals surface area contributed by atoms with Crippen molar-refractivity contribution < 1.29 is 24.2 Å². The number of carbonyl (C=O) groups excluding carboxylic acids is 1. The highest BCUT2D eigenvalue weighted by atomic mass is 35.5. The Morgan fingerprint density at radius 3 is 2.79 bits per heavy atom. The van der Waals surface area contributed by atoms with Crippen molar-refractivity contribution in [3.05, 3.63) is 28.8 Å². The fourth-order valence-corrected chi connectivity index (χ4v) is 3.02. The predicted molar refractivity (Wildman–Crippen MR) is 89.7 cm³/mol. The molecule has 1 fully saturated rings. The van der Waals surface area contributed by atoms with Gasteiger partial charge in [0.1, 0.15) is 5.75 Å². The van der Waals surface area contributed by atoms with Crippen molar-refractivity contribution in [2.45, 2.75) is 38.3 Å². The van der Waals surface area contributed by atoms with Crippen LogP contribution in [0.1, 0.15) is 36.5 Å².